The molecule has 0 saturated heterocycles. The number of ether oxygens (including phenoxy) is 2. The van der Waals surface area contributed by atoms with Crippen LogP contribution in [0, 0.1) is 0 Å². The van der Waals surface area contributed by atoms with Gasteiger partial charge in [0, 0.05) is 11.1 Å². The SMILES string of the molecule is CCCCCCCCCCCCCCOc1c(-c2nnc(-c3ccc(C[P+](c4ccccc4)(c4ccccc4)c4ccccc4)cc3)o2)sc(-c2nnc(-c3ccc(C[P+](c4ccccc4)(c4ccccc4)c4ccccc4)cc3)o2)c1OCCCCCCCCCCCCCC. The van der Waals surface area contributed by atoms with Crippen molar-refractivity contribution >= 4 is 57.7 Å². The Kier molecular flexibility index (Phi) is 27.5. The van der Waals surface area contributed by atoms with E-state index in [1.807, 2.05) is 0 Å². The largest absolute Gasteiger partial charge is 0.488 e. The van der Waals surface area contributed by atoms with Crippen molar-refractivity contribution in [1.82, 2.24) is 20.4 Å². The second-order valence-electron chi connectivity index (χ2n) is 26.1. The zero-order chi connectivity index (χ0) is 66.4. The molecule has 0 fully saturated rings. The van der Waals surface area contributed by atoms with Crippen molar-refractivity contribution in [2.45, 2.75) is 180 Å². The van der Waals surface area contributed by atoms with Gasteiger partial charge in [-0.1, -0.05) is 289 Å². The van der Waals surface area contributed by atoms with Crippen LogP contribution in [0.5, 0.6) is 11.5 Å². The van der Waals surface area contributed by atoms with Gasteiger partial charge >= 0.3 is 0 Å². The van der Waals surface area contributed by atoms with Crippen molar-refractivity contribution in [1.29, 1.82) is 0 Å². The fourth-order valence-corrected chi connectivity index (χ4v) is 23.2. The summed E-state index contributed by atoms with van der Waals surface area (Å²) in [5.74, 6) is 2.73. The molecule has 0 amide bonds. The van der Waals surface area contributed by atoms with Gasteiger partial charge in [0.15, 0.2) is 11.5 Å². The number of aromatic nitrogens is 4. The summed E-state index contributed by atoms with van der Waals surface area (Å²) in [5, 5.41) is 27.2. The topological polar surface area (TPSA) is 96.3 Å². The average Bonchev–Trinajstić information content (AvgIpc) is 1.32. The highest BCUT2D eigenvalue weighted by Crippen LogP contribution is 2.60. The number of nitrogens with zero attached hydrogens (tertiary/aromatic N) is 4. The molecule has 11 heteroatoms. The van der Waals surface area contributed by atoms with Crippen LogP contribution in [0.25, 0.3) is 44.4 Å². The van der Waals surface area contributed by atoms with Crippen molar-refractivity contribution in [3.05, 3.63) is 242 Å². The number of benzene rings is 8. The highest BCUT2D eigenvalue weighted by Gasteiger charge is 2.47. The van der Waals surface area contributed by atoms with Crippen LogP contribution in [0.3, 0.4) is 0 Å². The smallest absolute Gasteiger partial charge is 0.262 e. The van der Waals surface area contributed by atoms with E-state index in [0.29, 0.717) is 58.0 Å². The molecule has 0 aliphatic rings. The van der Waals surface area contributed by atoms with E-state index in [1.165, 1.54) is 183 Å². The second kappa shape index (κ2) is 37.8. The van der Waals surface area contributed by atoms with E-state index in [0.717, 1.165) is 49.1 Å². The molecule has 3 heterocycles. The first-order chi connectivity index (χ1) is 48.1. The maximum Gasteiger partial charge on any atom is 0.262 e. The molecule has 3 aromatic heterocycles. The molecule has 8 nitrogen and oxygen atoms in total. The van der Waals surface area contributed by atoms with Crippen molar-refractivity contribution < 1.29 is 18.3 Å². The predicted molar refractivity (Wildman–Crippen MR) is 413 cm³/mol. The highest BCUT2D eigenvalue weighted by molar-refractivity contribution is 7.95. The van der Waals surface area contributed by atoms with Crippen molar-refractivity contribution in [3.63, 3.8) is 0 Å². The minimum Gasteiger partial charge on any atom is -0.488 e. The molecule has 0 N–H and O–H groups in total. The van der Waals surface area contributed by atoms with Gasteiger partial charge in [-0.25, -0.2) is 0 Å². The average molecular weight is 1350 g/mol. The summed E-state index contributed by atoms with van der Waals surface area (Å²) in [6.07, 6.45) is 32.0. The minimum absolute atomic E-state index is 0.355. The Hall–Kier alpha value is -7.80. The minimum atomic E-state index is -2.13. The second-order valence-corrected chi connectivity index (χ2v) is 34.1. The molecular weight excluding hydrogens is 1250 g/mol. The molecule has 0 unspecified atom stereocenters. The molecule has 0 bridgehead atoms. The normalized spacial score (nSPS) is 11.7. The summed E-state index contributed by atoms with van der Waals surface area (Å²) in [4.78, 5) is 1.37. The van der Waals surface area contributed by atoms with E-state index in [2.05, 4.69) is 244 Å². The summed E-state index contributed by atoms with van der Waals surface area (Å²) in [6.45, 7) is 5.61. The molecular formula is C86H100N4O4P2S+2. The van der Waals surface area contributed by atoms with Crippen LogP contribution >= 0.6 is 25.9 Å². The van der Waals surface area contributed by atoms with Gasteiger partial charge in [0.2, 0.25) is 11.8 Å². The standard InChI is InChI=1S/C86H100N4O4P2S/c1-3-5-7-9-11-13-15-17-19-21-23-43-65-91-79-80(92-66-44-24-22-20-18-16-14-12-10-8-6-4-2)82(86-90-88-84(94-86)72-63-59-70(60-64-72)68-96(76-51-37-28-38-52-76,77-53-39-29-40-54-77)78-55-41-30-42-56-78)97-81(79)85-89-87-83(93-85)71-61-57-69(58-62-71)67-95(73-45-31-25-32-46-73,74-47-33-26-34-48-74)75-49-35-27-36-50-75/h25-42,45-64H,3-24,43-44,65-68H2,1-2H3/q+2. The van der Waals surface area contributed by atoms with Gasteiger partial charge in [-0.15, -0.1) is 31.7 Å². The van der Waals surface area contributed by atoms with Crippen LogP contribution in [-0.2, 0) is 12.3 Å². The van der Waals surface area contributed by atoms with Gasteiger partial charge in [-0.3, -0.25) is 0 Å². The lowest BCUT2D eigenvalue weighted by Crippen LogP contribution is -2.32. The molecule has 502 valence electrons. The molecule has 0 radical (unpaired) electrons. The molecule has 0 atom stereocenters. The first-order valence-electron chi connectivity index (χ1n) is 36.5. The summed E-state index contributed by atoms with van der Waals surface area (Å²) >= 11 is 1.45. The summed E-state index contributed by atoms with van der Waals surface area (Å²) < 4.78 is 27.5. The van der Waals surface area contributed by atoms with Crippen LogP contribution in [-0.4, -0.2) is 33.6 Å². The quantitative estimate of drug-likeness (QED) is 0.0276. The Labute approximate surface area is 583 Å². The van der Waals surface area contributed by atoms with Crippen LogP contribution in [0.1, 0.15) is 179 Å². The lowest BCUT2D eigenvalue weighted by atomic mass is 10.1. The number of unbranched alkanes of at least 4 members (excludes halogenated alkanes) is 22. The number of hydrogen-bond acceptors (Lipinski definition) is 9. The monoisotopic (exact) mass is 1350 g/mol. The summed E-state index contributed by atoms with van der Waals surface area (Å²) in [7, 11) is -4.26. The van der Waals surface area contributed by atoms with E-state index < -0.39 is 14.5 Å². The van der Waals surface area contributed by atoms with Crippen molar-refractivity contribution in [3.8, 4) is 55.9 Å². The maximum absolute atomic E-state index is 6.98. The van der Waals surface area contributed by atoms with Gasteiger partial charge in [0.25, 0.3) is 11.8 Å². The van der Waals surface area contributed by atoms with Crippen LogP contribution in [0.4, 0.5) is 0 Å². The first-order valence-corrected chi connectivity index (χ1v) is 41.2. The Morgan fingerprint density at radius 3 is 0.773 bits per heavy atom. The third-order valence-electron chi connectivity index (χ3n) is 19.0. The molecule has 11 rings (SSSR count). The Bertz CT molecular complexity index is 3530. The van der Waals surface area contributed by atoms with Gasteiger partial charge < -0.3 is 18.3 Å². The van der Waals surface area contributed by atoms with Gasteiger partial charge in [-0.2, -0.15) is 0 Å². The Balaban J connectivity index is 0.878. The van der Waals surface area contributed by atoms with Crippen LogP contribution in [0.15, 0.2) is 239 Å². The third kappa shape index (κ3) is 18.9. The van der Waals surface area contributed by atoms with E-state index in [-0.39, 0.29) is 0 Å². The van der Waals surface area contributed by atoms with E-state index in [1.54, 1.807) is 0 Å². The van der Waals surface area contributed by atoms with Gasteiger partial charge in [0.05, 0.1) is 25.5 Å². The van der Waals surface area contributed by atoms with E-state index >= 15 is 0 Å². The zero-order valence-corrected chi connectivity index (χ0v) is 60.1. The van der Waals surface area contributed by atoms with Gasteiger partial charge in [0.1, 0.15) is 56.1 Å². The summed E-state index contributed by atoms with van der Waals surface area (Å²) in [5.41, 5.74) is 4.13. The van der Waals surface area contributed by atoms with Gasteiger partial charge in [-0.05, 0) is 121 Å². The summed E-state index contributed by atoms with van der Waals surface area (Å²) in [6, 6.07) is 83.7. The highest BCUT2D eigenvalue weighted by atomic mass is 32.1. The number of thiophene rings is 1. The molecule has 0 aliphatic carbocycles. The molecule has 97 heavy (non-hydrogen) atoms. The Morgan fingerprint density at radius 2 is 0.515 bits per heavy atom. The number of rotatable bonds is 42. The third-order valence-corrected chi connectivity index (χ3v) is 28.9. The fourth-order valence-electron chi connectivity index (χ4n) is 13.6. The van der Waals surface area contributed by atoms with Crippen molar-refractivity contribution in [2.75, 3.05) is 13.2 Å². The molecule has 0 aliphatic heterocycles. The Morgan fingerprint density at radius 1 is 0.278 bits per heavy atom. The fraction of sp³-hybridized carbons (Fsp3) is 0.349. The molecule has 0 spiro atoms. The van der Waals surface area contributed by atoms with E-state index in [9.17, 15) is 0 Å². The molecule has 11 aromatic rings. The number of hydrogen-bond donors (Lipinski definition) is 0. The van der Waals surface area contributed by atoms with E-state index in [4.69, 9.17) is 38.7 Å². The van der Waals surface area contributed by atoms with Crippen molar-refractivity contribution in [2.24, 2.45) is 0 Å². The lowest BCUT2D eigenvalue weighted by Gasteiger charge is -2.27. The first kappa shape index (κ1) is 70.5. The van der Waals surface area contributed by atoms with Crippen LogP contribution < -0.4 is 41.3 Å². The maximum atomic E-state index is 6.98. The predicted octanol–water partition coefficient (Wildman–Crippen LogP) is 22.3. The lowest BCUT2D eigenvalue weighted by molar-refractivity contribution is 0.261. The van der Waals surface area contributed by atoms with Crippen LogP contribution in [0.2, 0.25) is 0 Å². The zero-order valence-electron chi connectivity index (χ0n) is 57.5. The molecule has 8 aromatic carbocycles. The molecule has 0 saturated carbocycles.